The molecule has 2 aliphatic rings. The molecule has 25 heavy (non-hydrogen) atoms. The lowest BCUT2D eigenvalue weighted by Gasteiger charge is -2.38. The van der Waals surface area contributed by atoms with E-state index < -0.39 is 10.0 Å². The minimum absolute atomic E-state index is 0.0124. The number of fused-ring (bicyclic) bond motifs is 2. The van der Waals surface area contributed by atoms with E-state index in [2.05, 4.69) is 5.10 Å². The second-order valence-corrected chi connectivity index (χ2v) is 8.87. The van der Waals surface area contributed by atoms with Crippen molar-refractivity contribution in [2.75, 3.05) is 7.11 Å². The smallest absolute Gasteiger partial charge is 0.247 e. The van der Waals surface area contributed by atoms with Gasteiger partial charge >= 0.3 is 0 Å². The molecule has 2 aromatic rings. The van der Waals surface area contributed by atoms with Crippen molar-refractivity contribution in [1.29, 1.82) is 0 Å². The highest BCUT2D eigenvalue weighted by Gasteiger charge is 2.48. The number of methoxy groups -OCH3 is 1. The van der Waals surface area contributed by atoms with Crippen LogP contribution in [0.1, 0.15) is 31.7 Å². The Bertz CT molecular complexity index is 855. The van der Waals surface area contributed by atoms with E-state index in [4.69, 9.17) is 16.3 Å². The zero-order valence-electron chi connectivity index (χ0n) is 13.9. The molecule has 3 heterocycles. The molecule has 2 atom stereocenters. The maximum absolute atomic E-state index is 13.3. The summed E-state index contributed by atoms with van der Waals surface area (Å²) in [5, 5.41) is 4.72. The molecule has 0 N–H and O–H groups in total. The molecule has 2 aliphatic heterocycles. The number of nitrogens with zero attached hydrogens (tertiary/aromatic N) is 3. The van der Waals surface area contributed by atoms with Crippen LogP contribution in [-0.4, -0.2) is 41.7 Å². The predicted molar refractivity (Wildman–Crippen MR) is 94.3 cm³/mol. The second-order valence-electron chi connectivity index (χ2n) is 6.63. The Morgan fingerprint density at radius 3 is 2.52 bits per heavy atom. The van der Waals surface area contributed by atoms with Crippen LogP contribution in [0.4, 0.5) is 0 Å². The fourth-order valence-corrected chi connectivity index (χ4v) is 6.49. The van der Waals surface area contributed by atoms with Crippen LogP contribution in [0.5, 0.6) is 5.75 Å². The largest absolute Gasteiger partial charge is 0.495 e. The summed E-state index contributed by atoms with van der Waals surface area (Å²) in [6.07, 6.45) is 7.03. The number of ether oxygens (including phenoxy) is 1. The van der Waals surface area contributed by atoms with Crippen LogP contribution in [0.25, 0.3) is 0 Å². The summed E-state index contributed by atoms with van der Waals surface area (Å²) in [6, 6.07) is 6.85. The first-order chi connectivity index (χ1) is 12.0. The van der Waals surface area contributed by atoms with Gasteiger partial charge in [0.15, 0.2) is 0 Å². The van der Waals surface area contributed by atoms with Crippen molar-refractivity contribution < 1.29 is 13.2 Å². The monoisotopic (exact) mass is 381 g/mol. The summed E-state index contributed by atoms with van der Waals surface area (Å²) in [7, 11) is -2.19. The average Bonchev–Trinajstić information content (AvgIpc) is 3.22. The van der Waals surface area contributed by atoms with E-state index in [0.29, 0.717) is 10.8 Å². The van der Waals surface area contributed by atoms with Gasteiger partial charge in [0.2, 0.25) is 10.0 Å². The van der Waals surface area contributed by atoms with Gasteiger partial charge in [-0.1, -0.05) is 11.6 Å². The lowest BCUT2D eigenvalue weighted by atomic mass is 10.00. The number of piperidine rings is 1. The fourth-order valence-electron chi connectivity index (χ4n) is 4.18. The molecule has 0 saturated carbocycles. The Labute approximate surface area is 152 Å². The number of hydrogen-bond acceptors (Lipinski definition) is 4. The molecule has 1 aromatic carbocycles. The number of benzene rings is 1. The van der Waals surface area contributed by atoms with Gasteiger partial charge in [0.05, 0.1) is 13.2 Å². The molecular formula is C17H20ClN3O3S. The minimum atomic E-state index is -3.66. The highest BCUT2D eigenvalue weighted by molar-refractivity contribution is 7.89. The third-order valence-electron chi connectivity index (χ3n) is 5.22. The fraction of sp³-hybridized carbons (Fsp3) is 0.471. The van der Waals surface area contributed by atoms with Gasteiger partial charge < -0.3 is 4.74 Å². The van der Waals surface area contributed by atoms with Gasteiger partial charge in [0, 0.05) is 29.5 Å². The van der Waals surface area contributed by atoms with E-state index in [-0.39, 0.29) is 23.0 Å². The number of rotatable bonds is 4. The average molecular weight is 382 g/mol. The van der Waals surface area contributed by atoms with E-state index in [1.54, 1.807) is 22.6 Å². The molecule has 6 nitrogen and oxygen atoms in total. The first-order valence-corrected chi connectivity index (χ1v) is 10.2. The number of aromatic nitrogens is 2. The lowest BCUT2D eigenvalue weighted by molar-refractivity contribution is 0.184. The van der Waals surface area contributed by atoms with E-state index in [0.717, 1.165) is 25.7 Å². The summed E-state index contributed by atoms with van der Waals surface area (Å²) in [5.41, 5.74) is 0. The molecule has 2 bridgehead atoms. The minimum Gasteiger partial charge on any atom is -0.495 e. The van der Waals surface area contributed by atoms with Crippen molar-refractivity contribution in [1.82, 2.24) is 14.1 Å². The Balaban J connectivity index is 1.68. The predicted octanol–water partition coefficient (Wildman–Crippen LogP) is 3.10. The SMILES string of the molecule is COc1ccc(Cl)cc1S(=O)(=O)N1C2CCC1CC(n1cccn1)C2. The Morgan fingerprint density at radius 1 is 1.20 bits per heavy atom. The van der Waals surface area contributed by atoms with Crippen molar-refractivity contribution in [3.8, 4) is 5.75 Å². The molecule has 134 valence electrons. The molecule has 1 aromatic heterocycles. The standard InChI is InChI=1S/C17H20ClN3O3S/c1-24-16-6-3-12(18)9-17(16)25(22,23)21-13-4-5-14(21)11-15(10-13)20-8-2-7-19-20/h2-3,6-9,13-15H,4-5,10-11H2,1H3. The van der Waals surface area contributed by atoms with Crippen LogP contribution in [0.3, 0.4) is 0 Å². The van der Waals surface area contributed by atoms with Crippen LogP contribution < -0.4 is 4.74 Å². The Kier molecular flexibility index (Phi) is 4.25. The van der Waals surface area contributed by atoms with Crippen molar-refractivity contribution in [2.45, 2.75) is 48.7 Å². The molecule has 0 aliphatic carbocycles. The zero-order valence-corrected chi connectivity index (χ0v) is 15.4. The van der Waals surface area contributed by atoms with Crippen LogP contribution in [-0.2, 0) is 10.0 Å². The second kappa shape index (κ2) is 6.30. The molecule has 2 saturated heterocycles. The van der Waals surface area contributed by atoms with Crippen molar-refractivity contribution >= 4 is 21.6 Å². The molecular weight excluding hydrogens is 362 g/mol. The van der Waals surface area contributed by atoms with Gasteiger partial charge in [0.25, 0.3) is 0 Å². The van der Waals surface area contributed by atoms with Crippen LogP contribution in [0, 0.1) is 0 Å². The summed E-state index contributed by atoms with van der Waals surface area (Å²) in [6.45, 7) is 0. The quantitative estimate of drug-likeness (QED) is 0.816. The Morgan fingerprint density at radius 2 is 1.92 bits per heavy atom. The van der Waals surface area contributed by atoms with E-state index in [1.807, 2.05) is 16.9 Å². The van der Waals surface area contributed by atoms with E-state index in [1.165, 1.54) is 13.2 Å². The third kappa shape index (κ3) is 2.84. The highest BCUT2D eigenvalue weighted by atomic mass is 35.5. The maximum atomic E-state index is 13.3. The molecule has 0 spiro atoms. The highest BCUT2D eigenvalue weighted by Crippen LogP contribution is 2.45. The van der Waals surface area contributed by atoms with Crippen molar-refractivity contribution in [3.63, 3.8) is 0 Å². The number of halogens is 1. The summed E-state index contributed by atoms with van der Waals surface area (Å²) < 4.78 is 35.6. The maximum Gasteiger partial charge on any atom is 0.247 e. The van der Waals surface area contributed by atoms with Gasteiger partial charge in [-0.3, -0.25) is 4.68 Å². The van der Waals surface area contributed by atoms with E-state index in [9.17, 15) is 8.42 Å². The summed E-state index contributed by atoms with van der Waals surface area (Å²) in [5.74, 6) is 0.331. The van der Waals surface area contributed by atoms with Gasteiger partial charge in [0.1, 0.15) is 10.6 Å². The first kappa shape index (κ1) is 16.9. The normalized spacial score (nSPS) is 26.7. The first-order valence-electron chi connectivity index (χ1n) is 8.37. The molecule has 0 radical (unpaired) electrons. The molecule has 2 fully saturated rings. The van der Waals surface area contributed by atoms with Gasteiger partial charge in [-0.05, 0) is 49.9 Å². The number of hydrogen-bond donors (Lipinski definition) is 0. The van der Waals surface area contributed by atoms with Crippen molar-refractivity contribution in [2.24, 2.45) is 0 Å². The molecule has 0 amide bonds. The summed E-state index contributed by atoms with van der Waals surface area (Å²) >= 11 is 6.05. The molecule has 8 heteroatoms. The third-order valence-corrected chi connectivity index (χ3v) is 7.48. The van der Waals surface area contributed by atoms with Gasteiger partial charge in [-0.2, -0.15) is 9.40 Å². The van der Waals surface area contributed by atoms with Crippen molar-refractivity contribution in [3.05, 3.63) is 41.7 Å². The zero-order chi connectivity index (χ0) is 17.6. The molecule has 2 unspecified atom stereocenters. The number of sulfonamides is 1. The topological polar surface area (TPSA) is 64.4 Å². The van der Waals surface area contributed by atoms with Gasteiger partial charge in [-0.25, -0.2) is 8.42 Å². The summed E-state index contributed by atoms with van der Waals surface area (Å²) in [4.78, 5) is 0.150. The van der Waals surface area contributed by atoms with Crippen LogP contribution in [0.15, 0.2) is 41.6 Å². The van der Waals surface area contributed by atoms with Crippen LogP contribution >= 0.6 is 11.6 Å². The van der Waals surface area contributed by atoms with Crippen LogP contribution in [0.2, 0.25) is 5.02 Å². The lowest BCUT2D eigenvalue weighted by Crippen LogP contribution is -2.46. The Hall–Kier alpha value is -1.57. The van der Waals surface area contributed by atoms with E-state index >= 15 is 0 Å². The van der Waals surface area contributed by atoms with Gasteiger partial charge in [-0.15, -0.1) is 0 Å². The molecule has 4 rings (SSSR count).